The first-order valence-corrected chi connectivity index (χ1v) is 44.8. The molecule has 3 N–H and O–H groups in total. The summed E-state index contributed by atoms with van der Waals surface area (Å²) in [5, 5.41) is 10.6. The molecule has 0 fully saturated rings. The van der Waals surface area contributed by atoms with Gasteiger partial charge < -0.3 is 33.8 Å². The molecular weight excluding hydrogens is 1310 g/mol. The second kappa shape index (κ2) is 70.1. The van der Waals surface area contributed by atoms with E-state index in [0.29, 0.717) is 25.7 Å². The van der Waals surface area contributed by atoms with E-state index in [0.717, 1.165) is 114 Å². The number of phosphoric acid groups is 2. The summed E-state index contributed by atoms with van der Waals surface area (Å²) < 4.78 is 68.7. The molecule has 4 unspecified atom stereocenters. The van der Waals surface area contributed by atoms with E-state index in [1.165, 1.54) is 218 Å². The molecule has 100 heavy (non-hydrogen) atoms. The Bertz CT molecular complexity index is 1960. The maximum atomic E-state index is 13.1. The summed E-state index contributed by atoms with van der Waals surface area (Å²) in [5.74, 6) is 1.04. The molecule has 17 nitrogen and oxygen atoms in total. The van der Waals surface area contributed by atoms with Gasteiger partial charge in [-0.25, -0.2) is 9.13 Å². The molecule has 0 amide bonds. The number of aliphatic hydroxyl groups excluding tert-OH is 1. The van der Waals surface area contributed by atoms with Gasteiger partial charge in [-0.2, -0.15) is 0 Å². The zero-order valence-corrected chi connectivity index (χ0v) is 67.6. The molecule has 7 atom stereocenters. The highest BCUT2D eigenvalue weighted by Crippen LogP contribution is 2.45. The van der Waals surface area contributed by atoms with Crippen LogP contribution in [0.1, 0.15) is 415 Å². The third-order valence-electron chi connectivity index (χ3n) is 19.5. The third-order valence-corrected chi connectivity index (χ3v) is 21.4. The molecule has 0 rings (SSSR count). The van der Waals surface area contributed by atoms with Crippen molar-refractivity contribution >= 4 is 39.5 Å². The first kappa shape index (κ1) is 98.1. The first-order chi connectivity index (χ1) is 48.2. The van der Waals surface area contributed by atoms with Gasteiger partial charge in [0.25, 0.3) is 0 Å². The van der Waals surface area contributed by atoms with Crippen LogP contribution in [0.4, 0.5) is 0 Å². The fourth-order valence-electron chi connectivity index (χ4n) is 12.4. The molecule has 594 valence electrons. The predicted octanol–water partition coefficient (Wildman–Crippen LogP) is 24.0. The van der Waals surface area contributed by atoms with E-state index >= 15 is 0 Å². The summed E-state index contributed by atoms with van der Waals surface area (Å²) >= 11 is 0. The van der Waals surface area contributed by atoms with Crippen molar-refractivity contribution in [2.75, 3.05) is 39.6 Å². The summed E-state index contributed by atoms with van der Waals surface area (Å²) in [6.07, 6.45) is 56.9. The Kier molecular flexibility index (Phi) is 68.7. The molecule has 0 heterocycles. The van der Waals surface area contributed by atoms with E-state index in [9.17, 15) is 43.2 Å². The molecular formula is C81H158O17P2. The SMILES string of the molecule is CCC(C)CCCCCCCCCCCCCCCCCCCCC(=O)O[C@H](COC(=O)CCCCCCCCCCCCCC(C)C)COP(=O)(O)OC[C@@H](O)COP(=O)(O)OC[C@@H](COC(=O)CCCCCCCCCCC(C)CC)OC(=O)CCCCCCCCCCCC(C)C. The van der Waals surface area contributed by atoms with Crippen molar-refractivity contribution in [3.63, 3.8) is 0 Å². The number of esters is 4. The second-order valence-electron chi connectivity index (χ2n) is 30.6. The number of carbonyl (C=O) groups is 4. The van der Waals surface area contributed by atoms with Crippen LogP contribution in [0.25, 0.3) is 0 Å². The van der Waals surface area contributed by atoms with Gasteiger partial charge in [0.05, 0.1) is 26.4 Å². The fourth-order valence-corrected chi connectivity index (χ4v) is 13.9. The van der Waals surface area contributed by atoms with Gasteiger partial charge in [-0.1, -0.05) is 364 Å². The average molecular weight is 1470 g/mol. The number of phosphoric ester groups is 2. The smallest absolute Gasteiger partial charge is 0.462 e. The Morgan fingerprint density at radius 2 is 0.480 bits per heavy atom. The van der Waals surface area contributed by atoms with Gasteiger partial charge in [-0.3, -0.25) is 37.3 Å². The van der Waals surface area contributed by atoms with E-state index in [-0.39, 0.29) is 25.7 Å². The van der Waals surface area contributed by atoms with Crippen molar-refractivity contribution < 1.29 is 80.2 Å². The number of hydrogen-bond donors (Lipinski definition) is 3. The Hall–Kier alpha value is -1.94. The van der Waals surface area contributed by atoms with Crippen molar-refractivity contribution in [3.05, 3.63) is 0 Å². The van der Waals surface area contributed by atoms with E-state index in [4.69, 9.17) is 37.0 Å². The minimum Gasteiger partial charge on any atom is -0.462 e. The number of ether oxygens (including phenoxy) is 4. The van der Waals surface area contributed by atoms with Gasteiger partial charge in [0.1, 0.15) is 19.3 Å². The zero-order valence-electron chi connectivity index (χ0n) is 65.8. The largest absolute Gasteiger partial charge is 0.472 e. The molecule has 0 aromatic heterocycles. The summed E-state index contributed by atoms with van der Waals surface area (Å²) in [6.45, 7) is 14.3. The molecule has 0 bridgehead atoms. The number of rotatable bonds is 78. The van der Waals surface area contributed by atoms with Gasteiger partial charge in [0.15, 0.2) is 12.2 Å². The first-order valence-electron chi connectivity index (χ1n) is 41.8. The van der Waals surface area contributed by atoms with Crippen LogP contribution in [0.2, 0.25) is 0 Å². The molecule has 0 aromatic carbocycles. The fraction of sp³-hybridized carbons (Fsp3) is 0.951. The lowest BCUT2D eigenvalue weighted by Gasteiger charge is -2.21. The normalized spacial score (nSPS) is 14.6. The Morgan fingerprint density at radius 3 is 0.710 bits per heavy atom. The van der Waals surface area contributed by atoms with Crippen molar-refractivity contribution in [1.82, 2.24) is 0 Å². The molecule has 0 aliphatic carbocycles. The molecule has 0 saturated carbocycles. The van der Waals surface area contributed by atoms with Crippen LogP contribution in [0.3, 0.4) is 0 Å². The quantitative estimate of drug-likeness (QED) is 0.0222. The van der Waals surface area contributed by atoms with Gasteiger partial charge in [0, 0.05) is 25.7 Å². The number of aliphatic hydroxyl groups is 1. The van der Waals surface area contributed by atoms with Crippen LogP contribution in [0, 0.1) is 23.7 Å². The second-order valence-corrected chi connectivity index (χ2v) is 33.5. The lowest BCUT2D eigenvalue weighted by Crippen LogP contribution is -2.30. The summed E-state index contributed by atoms with van der Waals surface area (Å²) in [7, 11) is -9.92. The minimum atomic E-state index is -4.96. The minimum absolute atomic E-state index is 0.105. The van der Waals surface area contributed by atoms with E-state index < -0.39 is 97.5 Å². The van der Waals surface area contributed by atoms with Gasteiger partial charge >= 0.3 is 39.5 Å². The van der Waals surface area contributed by atoms with Crippen molar-refractivity contribution in [3.8, 4) is 0 Å². The summed E-state index contributed by atoms with van der Waals surface area (Å²) in [4.78, 5) is 73.0. The third kappa shape index (κ3) is 71.7. The lowest BCUT2D eigenvalue weighted by molar-refractivity contribution is -0.161. The predicted molar refractivity (Wildman–Crippen MR) is 409 cm³/mol. The molecule has 0 spiro atoms. The van der Waals surface area contributed by atoms with Crippen molar-refractivity contribution in [2.45, 2.75) is 433 Å². The van der Waals surface area contributed by atoms with Crippen LogP contribution in [0.15, 0.2) is 0 Å². The molecule has 0 aliphatic rings. The molecule has 19 heteroatoms. The van der Waals surface area contributed by atoms with E-state index in [1.54, 1.807) is 0 Å². The van der Waals surface area contributed by atoms with Crippen molar-refractivity contribution in [1.29, 1.82) is 0 Å². The maximum absolute atomic E-state index is 13.1. The Labute approximate surface area is 613 Å². The van der Waals surface area contributed by atoms with E-state index in [2.05, 4.69) is 55.4 Å². The zero-order chi connectivity index (χ0) is 73.8. The molecule has 0 radical (unpaired) electrons. The van der Waals surface area contributed by atoms with Crippen LogP contribution in [-0.2, 0) is 65.4 Å². The van der Waals surface area contributed by atoms with Gasteiger partial charge in [-0.15, -0.1) is 0 Å². The number of carbonyl (C=O) groups excluding carboxylic acids is 4. The molecule has 0 aliphatic heterocycles. The molecule has 0 aromatic rings. The van der Waals surface area contributed by atoms with Gasteiger partial charge in [0.2, 0.25) is 0 Å². The average Bonchev–Trinajstić information content (AvgIpc) is 0.939. The van der Waals surface area contributed by atoms with Crippen molar-refractivity contribution in [2.24, 2.45) is 23.7 Å². The molecule has 0 saturated heterocycles. The highest BCUT2D eigenvalue weighted by Gasteiger charge is 2.30. The van der Waals surface area contributed by atoms with Crippen LogP contribution in [0.5, 0.6) is 0 Å². The topological polar surface area (TPSA) is 237 Å². The van der Waals surface area contributed by atoms with Crippen LogP contribution in [-0.4, -0.2) is 96.7 Å². The summed E-state index contributed by atoms with van der Waals surface area (Å²) in [5.41, 5.74) is 0. The van der Waals surface area contributed by atoms with Crippen LogP contribution >= 0.6 is 15.6 Å². The Morgan fingerprint density at radius 1 is 0.280 bits per heavy atom. The monoisotopic (exact) mass is 1470 g/mol. The van der Waals surface area contributed by atoms with Gasteiger partial charge in [-0.05, 0) is 49.4 Å². The van der Waals surface area contributed by atoms with Crippen LogP contribution < -0.4 is 0 Å². The highest BCUT2D eigenvalue weighted by atomic mass is 31.2. The number of unbranched alkanes of at least 4 members (excludes halogenated alkanes) is 42. The Balaban J connectivity index is 5.22. The van der Waals surface area contributed by atoms with E-state index in [1.807, 2.05) is 0 Å². The summed E-state index contributed by atoms with van der Waals surface area (Å²) in [6, 6.07) is 0. The standard InChI is InChI=1S/C81H158O17P2/c1-9-73(7)59-51-43-35-27-21-17-15-13-11-12-14-16-18-22-29-39-47-55-63-80(85)97-76(67-91-78(83)61-53-45-37-28-23-19-20-25-33-41-49-57-71(3)4)69-95-99(87,88)93-65-75(82)66-94-100(89,90)96-70-77(98-81(86)64-56-48-40-30-24-26-34-42-50-58-72(5)6)68-92-79(84)62-54-46-38-32-31-36-44-52-60-74(8)10-2/h71-77,82H,9-70H2,1-8H3,(H,87,88)(H,89,90)/t73?,74?,75-,76-,77-/m1/s1. The highest BCUT2D eigenvalue weighted by molar-refractivity contribution is 7.47. The lowest BCUT2D eigenvalue weighted by atomic mass is 9.99. The maximum Gasteiger partial charge on any atom is 0.472 e. The number of hydrogen-bond acceptors (Lipinski definition) is 15.